The van der Waals surface area contributed by atoms with Crippen molar-refractivity contribution in [1.82, 2.24) is 4.90 Å². The minimum absolute atomic E-state index is 0.235. The lowest BCUT2D eigenvalue weighted by molar-refractivity contribution is -0.130. The van der Waals surface area contributed by atoms with Gasteiger partial charge < -0.3 is 9.80 Å². The summed E-state index contributed by atoms with van der Waals surface area (Å²) in [5.41, 5.74) is 6.19. The maximum atomic E-state index is 12.5. The molecule has 0 atom stereocenters. The third kappa shape index (κ3) is 3.97. The lowest BCUT2D eigenvalue weighted by Crippen LogP contribution is -2.49. The molecule has 1 saturated heterocycles. The third-order valence-electron chi connectivity index (χ3n) is 4.68. The molecule has 1 aliphatic heterocycles. The van der Waals surface area contributed by atoms with Crippen LogP contribution in [0, 0.1) is 20.8 Å². The molecular weight excluding hydrogens is 296 g/mol. The van der Waals surface area contributed by atoms with Crippen LogP contribution in [-0.4, -0.2) is 37.0 Å². The van der Waals surface area contributed by atoms with E-state index in [1.54, 1.807) is 0 Å². The number of rotatable bonds is 3. The second kappa shape index (κ2) is 7.08. The SMILES string of the molecule is Cc1ccc(CC(=O)N2CCN(c3cc(C)cc(C)c3)CC2)cc1. The molecular formula is C21H26N2O. The first kappa shape index (κ1) is 16.6. The molecule has 24 heavy (non-hydrogen) atoms. The first-order chi connectivity index (χ1) is 11.5. The van der Waals surface area contributed by atoms with Crippen LogP contribution in [0.5, 0.6) is 0 Å². The minimum Gasteiger partial charge on any atom is -0.368 e. The number of hydrogen-bond acceptors (Lipinski definition) is 2. The third-order valence-corrected chi connectivity index (χ3v) is 4.68. The van der Waals surface area contributed by atoms with Crippen molar-refractivity contribution in [3.63, 3.8) is 0 Å². The molecule has 3 nitrogen and oxygen atoms in total. The Kier molecular flexibility index (Phi) is 4.89. The molecule has 0 bridgehead atoms. The topological polar surface area (TPSA) is 23.6 Å². The monoisotopic (exact) mass is 322 g/mol. The average Bonchev–Trinajstić information content (AvgIpc) is 2.56. The molecule has 0 saturated carbocycles. The maximum Gasteiger partial charge on any atom is 0.227 e. The number of aryl methyl sites for hydroxylation is 3. The summed E-state index contributed by atoms with van der Waals surface area (Å²) in [4.78, 5) is 16.9. The molecule has 126 valence electrons. The fraction of sp³-hybridized carbons (Fsp3) is 0.381. The molecule has 2 aromatic carbocycles. The van der Waals surface area contributed by atoms with E-state index in [9.17, 15) is 4.79 Å². The van der Waals surface area contributed by atoms with Crippen molar-refractivity contribution in [2.45, 2.75) is 27.2 Å². The number of nitrogens with zero attached hydrogens (tertiary/aromatic N) is 2. The van der Waals surface area contributed by atoms with E-state index >= 15 is 0 Å². The predicted octanol–water partition coefficient (Wildman–Crippen LogP) is 3.50. The second-order valence-corrected chi connectivity index (χ2v) is 6.88. The standard InChI is InChI=1S/C21H26N2O/c1-16-4-6-19(7-5-16)15-21(24)23-10-8-22(9-11-23)20-13-17(2)12-18(3)14-20/h4-7,12-14H,8-11,15H2,1-3H3. The summed E-state index contributed by atoms with van der Waals surface area (Å²) in [6, 6.07) is 14.9. The van der Waals surface area contributed by atoms with E-state index in [4.69, 9.17) is 0 Å². The predicted molar refractivity (Wildman–Crippen MR) is 99.6 cm³/mol. The van der Waals surface area contributed by atoms with Crippen molar-refractivity contribution in [2.24, 2.45) is 0 Å². The van der Waals surface area contributed by atoms with E-state index in [-0.39, 0.29) is 5.91 Å². The van der Waals surface area contributed by atoms with Crippen LogP contribution in [-0.2, 0) is 11.2 Å². The van der Waals surface area contributed by atoms with Crippen molar-refractivity contribution in [1.29, 1.82) is 0 Å². The molecule has 1 fully saturated rings. The normalized spacial score (nSPS) is 14.8. The first-order valence-corrected chi connectivity index (χ1v) is 8.68. The summed E-state index contributed by atoms with van der Waals surface area (Å²) in [7, 11) is 0. The van der Waals surface area contributed by atoms with Crippen LogP contribution in [0.2, 0.25) is 0 Å². The smallest absolute Gasteiger partial charge is 0.227 e. The Morgan fingerprint density at radius 3 is 2.00 bits per heavy atom. The van der Waals surface area contributed by atoms with Crippen LogP contribution in [0.4, 0.5) is 5.69 Å². The zero-order chi connectivity index (χ0) is 17.1. The highest BCUT2D eigenvalue weighted by Gasteiger charge is 2.21. The van der Waals surface area contributed by atoms with E-state index in [2.05, 4.69) is 68.1 Å². The van der Waals surface area contributed by atoms with E-state index in [0.29, 0.717) is 6.42 Å². The number of hydrogen-bond donors (Lipinski definition) is 0. The van der Waals surface area contributed by atoms with Gasteiger partial charge in [-0.1, -0.05) is 35.9 Å². The molecule has 1 amide bonds. The molecule has 0 N–H and O–H groups in total. The Morgan fingerprint density at radius 2 is 1.42 bits per heavy atom. The van der Waals surface area contributed by atoms with Gasteiger partial charge in [0.2, 0.25) is 5.91 Å². The highest BCUT2D eigenvalue weighted by atomic mass is 16.2. The van der Waals surface area contributed by atoms with Gasteiger partial charge in [-0.3, -0.25) is 4.79 Å². The first-order valence-electron chi connectivity index (χ1n) is 8.68. The van der Waals surface area contributed by atoms with Gasteiger partial charge in [0.15, 0.2) is 0 Å². The van der Waals surface area contributed by atoms with Crippen molar-refractivity contribution in [2.75, 3.05) is 31.1 Å². The van der Waals surface area contributed by atoms with Gasteiger partial charge in [-0.15, -0.1) is 0 Å². The van der Waals surface area contributed by atoms with Crippen LogP contribution in [0.1, 0.15) is 22.3 Å². The zero-order valence-corrected chi connectivity index (χ0v) is 14.9. The summed E-state index contributed by atoms with van der Waals surface area (Å²) in [5, 5.41) is 0. The quantitative estimate of drug-likeness (QED) is 0.863. The maximum absolute atomic E-state index is 12.5. The van der Waals surface area contributed by atoms with Gasteiger partial charge in [0.1, 0.15) is 0 Å². The van der Waals surface area contributed by atoms with Gasteiger partial charge in [-0.05, 0) is 49.6 Å². The van der Waals surface area contributed by atoms with Crippen molar-refractivity contribution >= 4 is 11.6 Å². The molecule has 3 rings (SSSR count). The lowest BCUT2D eigenvalue weighted by atomic mass is 10.1. The summed E-state index contributed by atoms with van der Waals surface area (Å²) in [5.74, 6) is 0.235. The van der Waals surface area contributed by atoms with Crippen LogP contribution < -0.4 is 4.90 Å². The lowest BCUT2D eigenvalue weighted by Gasteiger charge is -2.36. The molecule has 0 unspecified atom stereocenters. The van der Waals surface area contributed by atoms with E-state index in [0.717, 1.165) is 31.7 Å². The van der Waals surface area contributed by atoms with Crippen LogP contribution in [0.25, 0.3) is 0 Å². The fourth-order valence-electron chi connectivity index (χ4n) is 3.34. The Morgan fingerprint density at radius 1 is 0.833 bits per heavy atom. The van der Waals surface area contributed by atoms with E-state index < -0.39 is 0 Å². The summed E-state index contributed by atoms with van der Waals surface area (Å²) in [6.45, 7) is 9.76. The van der Waals surface area contributed by atoms with Crippen molar-refractivity contribution < 1.29 is 4.79 Å². The molecule has 1 aliphatic rings. The Hall–Kier alpha value is -2.29. The van der Waals surface area contributed by atoms with Crippen LogP contribution in [0.15, 0.2) is 42.5 Å². The summed E-state index contributed by atoms with van der Waals surface area (Å²) >= 11 is 0. The number of amides is 1. The van der Waals surface area contributed by atoms with Crippen molar-refractivity contribution in [3.8, 4) is 0 Å². The Labute approximate surface area is 144 Å². The van der Waals surface area contributed by atoms with Gasteiger partial charge in [0, 0.05) is 31.9 Å². The van der Waals surface area contributed by atoms with Gasteiger partial charge in [0.05, 0.1) is 6.42 Å². The highest BCUT2D eigenvalue weighted by molar-refractivity contribution is 5.79. The molecule has 0 aromatic heterocycles. The Balaban J connectivity index is 1.58. The number of benzene rings is 2. The van der Waals surface area contributed by atoms with Gasteiger partial charge in [-0.2, -0.15) is 0 Å². The zero-order valence-electron chi connectivity index (χ0n) is 14.9. The number of carbonyl (C=O) groups excluding carboxylic acids is 1. The number of anilines is 1. The van der Waals surface area contributed by atoms with Gasteiger partial charge in [0.25, 0.3) is 0 Å². The molecule has 2 aromatic rings. The number of carbonyl (C=O) groups is 1. The number of piperazine rings is 1. The average molecular weight is 322 g/mol. The van der Waals surface area contributed by atoms with E-state index in [1.165, 1.54) is 22.4 Å². The summed E-state index contributed by atoms with van der Waals surface area (Å²) in [6.07, 6.45) is 0.504. The summed E-state index contributed by atoms with van der Waals surface area (Å²) < 4.78 is 0. The van der Waals surface area contributed by atoms with Gasteiger partial charge in [-0.25, -0.2) is 0 Å². The Bertz CT molecular complexity index is 693. The molecule has 0 radical (unpaired) electrons. The minimum atomic E-state index is 0.235. The largest absolute Gasteiger partial charge is 0.368 e. The highest BCUT2D eigenvalue weighted by Crippen LogP contribution is 2.20. The second-order valence-electron chi connectivity index (χ2n) is 6.88. The van der Waals surface area contributed by atoms with E-state index in [1.807, 2.05) is 4.90 Å². The molecule has 0 spiro atoms. The van der Waals surface area contributed by atoms with Crippen LogP contribution >= 0.6 is 0 Å². The van der Waals surface area contributed by atoms with Crippen LogP contribution in [0.3, 0.4) is 0 Å². The molecule has 1 heterocycles. The van der Waals surface area contributed by atoms with Gasteiger partial charge >= 0.3 is 0 Å². The fourth-order valence-corrected chi connectivity index (χ4v) is 3.34. The van der Waals surface area contributed by atoms with Crippen molar-refractivity contribution in [3.05, 3.63) is 64.7 Å². The molecule has 0 aliphatic carbocycles. The molecule has 3 heteroatoms.